The fraction of sp³-hybridized carbons (Fsp3) is 1.00. The molecule has 4 bridgehead atoms. The number of rotatable bonds is 1. The molecule has 4 rings (SSSR count). The van der Waals surface area contributed by atoms with Crippen LogP contribution in [0.1, 0.15) is 51.9 Å². The first-order valence-electron chi connectivity index (χ1n) is 5.92. The Morgan fingerprint density at radius 2 is 1.77 bits per heavy atom. The molecule has 0 radical (unpaired) electrons. The topological polar surface area (TPSA) is 26.0 Å². The van der Waals surface area contributed by atoms with Crippen LogP contribution in [0.2, 0.25) is 0 Å². The summed E-state index contributed by atoms with van der Waals surface area (Å²) in [6, 6.07) is 0. The molecule has 0 aromatic heterocycles. The first-order chi connectivity index (χ1) is 6.13. The molecule has 0 aromatic carbocycles. The lowest BCUT2D eigenvalue weighted by Crippen LogP contribution is -2.59. The van der Waals surface area contributed by atoms with Crippen LogP contribution in [0.5, 0.6) is 0 Å². The van der Waals surface area contributed by atoms with Crippen LogP contribution in [0, 0.1) is 17.3 Å². The van der Waals surface area contributed by atoms with Crippen molar-refractivity contribution in [2.75, 3.05) is 0 Å². The summed E-state index contributed by atoms with van der Waals surface area (Å²) in [6.07, 6.45) is 9.89. The van der Waals surface area contributed by atoms with Gasteiger partial charge in [-0.15, -0.1) is 0 Å². The molecular weight excluding hydrogens is 158 g/mol. The monoisotopic (exact) mass is 179 g/mol. The lowest BCUT2D eigenvalue weighted by atomic mass is 9.46. The summed E-state index contributed by atoms with van der Waals surface area (Å²) >= 11 is 0. The first-order valence-corrected chi connectivity index (χ1v) is 5.92. The Hall–Kier alpha value is -0.0400. The first kappa shape index (κ1) is 8.28. The van der Waals surface area contributed by atoms with Crippen LogP contribution in [0.15, 0.2) is 0 Å². The normalized spacial score (nSPS) is 58.6. The van der Waals surface area contributed by atoms with Crippen molar-refractivity contribution in [3.8, 4) is 0 Å². The molecule has 0 saturated heterocycles. The Bertz CT molecular complexity index is 219. The fourth-order valence-corrected chi connectivity index (χ4v) is 4.94. The van der Waals surface area contributed by atoms with Gasteiger partial charge in [-0.25, -0.2) is 0 Å². The maximum atomic E-state index is 6.48. The van der Waals surface area contributed by atoms with Gasteiger partial charge in [0, 0.05) is 5.54 Å². The van der Waals surface area contributed by atoms with Gasteiger partial charge in [0.05, 0.1) is 0 Å². The van der Waals surface area contributed by atoms with Crippen molar-refractivity contribution >= 4 is 0 Å². The molecule has 74 valence electrons. The van der Waals surface area contributed by atoms with E-state index >= 15 is 0 Å². The molecule has 0 spiro atoms. The van der Waals surface area contributed by atoms with Gasteiger partial charge in [-0.3, -0.25) is 0 Å². The molecule has 0 unspecified atom stereocenters. The second kappa shape index (κ2) is 2.31. The average molecular weight is 179 g/mol. The quantitative estimate of drug-likeness (QED) is 0.658. The fourth-order valence-electron chi connectivity index (χ4n) is 4.94. The predicted octanol–water partition coefficient (Wildman–Crippen LogP) is 2.69. The van der Waals surface area contributed by atoms with Crippen LogP contribution in [0.4, 0.5) is 0 Å². The maximum Gasteiger partial charge on any atom is 0.0164 e. The lowest BCUT2D eigenvalue weighted by molar-refractivity contribution is -0.0687. The molecule has 13 heavy (non-hydrogen) atoms. The third-order valence-corrected chi connectivity index (χ3v) is 4.98. The van der Waals surface area contributed by atoms with E-state index in [9.17, 15) is 0 Å². The van der Waals surface area contributed by atoms with Crippen molar-refractivity contribution < 1.29 is 0 Å². The zero-order chi connectivity index (χ0) is 9.10. The van der Waals surface area contributed by atoms with E-state index in [-0.39, 0.29) is 5.54 Å². The van der Waals surface area contributed by atoms with Crippen molar-refractivity contribution in [2.24, 2.45) is 23.0 Å². The van der Waals surface area contributed by atoms with E-state index in [1.54, 1.807) is 0 Å². The maximum absolute atomic E-state index is 6.48. The lowest BCUT2D eigenvalue weighted by Gasteiger charge is -2.61. The SMILES string of the molecule is CCC12C[C@@H]3C[C@H](CC(N)(C3)C1)C2. The van der Waals surface area contributed by atoms with Gasteiger partial charge in [0.2, 0.25) is 0 Å². The summed E-state index contributed by atoms with van der Waals surface area (Å²) in [5, 5.41) is 0. The van der Waals surface area contributed by atoms with E-state index in [4.69, 9.17) is 5.73 Å². The Balaban J connectivity index is 1.95. The Morgan fingerprint density at radius 3 is 2.23 bits per heavy atom. The molecule has 4 fully saturated rings. The summed E-state index contributed by atoms with van der Waals surface area (Å²) in [4.78, 5) is 0. The molecule has 0 heterocycles. The minimum atomic E-state index is 0.264. The van der Waals surface area contributed by atoms with Crippen LogP contribution < -0.4 is 5.73 Å². The molecule has 4 aliphatic carbocycles. The van der Waals surface area contributed by atoms with E-state index in [1.807, 2.05) is 0 Å². The van der Waals surface area contributed by atoms with Gasteiger partial charge in [0.1, 0.15) is 0 Å². The number of hydrogen-bond acceptors (Lipinski definition) is 1. The van der Waals surface area contributed by atoms with Crippen molar-refractivity contribution in [3.63, 3.8) is 0 Å². The molecule has 0 aromatic rings. The van der Waals surface area contributed by atoms with Gasteiger partial charge in [0.15, 0.2) is 0 Å². The van der Waals surface area contributed by atoms with Crippen molar-refractivity contribution in [1.29, 1.82) is 0 Å². The largest absolute Gasteiger partial charge is 0.325 e. The third-order valence-electron chi connectivity index (χ3n) is 4.98. The molecule has 0 aliphatic heterocycles. The van der Waals surface area contributed by atoms with Crippen LogP contribution in [-0.2, 0) is 0 Å². The van der Waals surface area contributed by atoms with Crippen molar-refractivity contribution in [3.05, 3.63) is 0 Å². The molecule has 4 saturated carbocycles. The molecule has 4 aliphatic rings. The van der Waals surface area contributed by atoms with Gasteiger partial charge >= 0.3 is 0 Å². The molecular formula is C12H21N. The Kier molecular flexibility index (Phi) is 1.47. The summed E-state index contributed by atoms with van der Waals surface area (Å²) < 4.78 is 0. The van der Waals surface area contributed by atoms with Gasteiger partial charge < -0.3 is 5.73 Å². The summed E-state index contributed by atoms with van der Waals surface area (Å²) in [5.41, 5.74) is 7.42. The van der Waals surface area contributed by atoms with Crippen LogP contribution >= 0.6 is 0 Å². The van der Waals surface area contributed by atoms with E-state index in [0.717, 1.165) is 11.8 Å². The second-order valence-electron chi connectivity index (χ2n) is 6.18. The van der Waals surface area contributed by atoms with Crippen molar-refractivity contribution in [2.45, 2.75) is 57.4 Å². The standard InChI is InChI=1S/C12H21N/c1-2-11-4-9-3-10(5-11)7-12(13,6-9)8-11/h9-10H,2-8,13H2,1H3/t9-,10-,11?,12?/m0/s1. The minimum absolute atomic E-state index is 0.264. The predicted molar refractivity (Wildman–Crippen MR) is 54.3 cm³/mol. The molecule has 1 nitrogen and oxygen atoms in total. The Labute approximate surface area is 81.1 Å². The van der Waals surface area contributed by atoms with Gasteiger partial charge in [-0.1, -0.05) is 13.3 Å². The Morgan fingerprint density at radius 1 is 1.15 bits per heavy atom. The smallest absolute Gasteiger partial charge is 0.0164 e. The van der Waals surface area contributed by atoms with Gasteiger partial charge in [0.25, 0.3) is 0 Å². The molecule has 0 amide bonds. The zero-order valence-corrected chi connectivity index (χ0v) is 8.68. The van der Waals surface area contributed by atoms with Crippen LogP contribution in [-0.4, -0.2) is 5.54 Å². The highest BCUT2D eigenvalue weighted by Gasteiger charge is 2.55. The zero-order valence-electron chi connectivity index (χ0n) is 8.68. The molecule has 1 heteroatoms. The highest BCUT2D eigenvalue weighted by molar-refractivity contribution is 5.09. The number of hydrogen-bond donors (Lipinski definition) is 1. The summed E-state index contributed by atoms with van der Waals surface area (Å²) in [7, 11) is 0. The third kappa shape index (κ3) is 1.09. The van der Waals surface area contributed by atoms with Gasteiger partial charge in [-0.05, 0) is 55.8 Å². The van der Waals surface area contributed by atoms with Crippen molar-refractivity contribution in [1.82, 2.24) is 0 Å². The molecule has 2 atom stereocenters. The second-order valence-corrected chi connectivity index (χ2v) is 6.18. The van der Waals surface area contributed by atoms with E-state index < -0.39 is 0 Å². The summed E-state index contributed by atoms with van der Waals surface area (Å²) in [6.45, 7) is 2.37. The highest BCUT2D eigenvalue weighted by atomic mass is 14.8. The van der Waals surface area contributed by atoms with Crippen LogP contribution in [0.3, 0.4) is 0 Å². The van der Waals surface area contributed by atoms with Crippen LogP contribution in [0.25, 0.3) is 0 Å². The van der Waals surface area contributed by atoms with E-state index in [0.29, 0.717) is 5.41 Å². The van der Waals surface area contributed by atoms with E-state index in [2.05, 4.69) is 6.92 Å². The minimum Gasteiger partial charge on any atom is -0.325 e. The average Bonchev–Trinajstić information content (AvgIpc) is 1.99. The number of nitrogens with two attached hydrogens (primary N) is 1. The van der Waals surface area contributed by atoms with E-state index in [1.165, 1.54) is 44.9 Å². The summed E-state index contributed by atoms with van der Waals surface area (Å²) in [5.74, 6) is 1.98. The molecule has 2 N–H and O–H groups in total. The highest BCUT2D eigenvalue weighted by Crippen LogP contribution is 2.61. The van der Waals surface area contributed by atoms with Gasteiger partial charge in [-0.2, -0.15) is 0 Å².